The lowest BCUT2D eigenvalue weighted by molar-refractivity contribution is 0.620. The first-order valence-electron chi connectivity index (χ1n) is 16.5. The molecular weight excluding hydrogens is 587 g/mol. The predicted octanol–water partition coefficient (Wildman–Crippen LogP) is 12.9. The van der Waals surface area contributed by atoms with E-state index in [9.17, 15) is 0 Å². The maximum Gasteiger partial charge on any atom is 0.143 e. The molecule has 0 spiro atoms. The van der Waals surface area contributed by atoms with Crippen molar-refractivity contribution in [2.45, 2.75) is 19.3 Å². The summed E-state index contributed by atoms with van der Waals surface area (Å²) in [6.07, 6.45) is 0. The number of fused-ring (bicyclic) bond motifs is 10. The highest BCUT2D eigenvalue weighted by Crippen LogP contribution is 2.52. The van der Waals surface area contributed by atoms with Crippen LogP contribution < -0.4 is 4.90 Å². The number of furan rings is 2. The molecule has 0 radical (unpaired) electrons. The topological polar surface area (TPSA) is 29.5 Å². The van der Waals surface area contributed by atoms with Gasteiger partial charge >= 0.3 is 0 Å². The summed E-state index contributed by atoms with van der Waals surface area (Å²) < 4.78 is 13.1. The van der Waals surface area contributed by atoms with Crippen molar-refractivity contribution in [1.29, 1.82) is 0 Å². The van der Waals surface area contributed by atoms with Crippen LogP contribution in [-0.4, -0.2) is 0 Å². The average molecular weight is 618 g/mol. The van der Waals surface area contributed by atoms with Gasteiger partial charge in [-0.25, -0.2) is 0 Å². The Labute approximate surface area is 278 Å². The van der Waals surface area contributed by atoms with Crippen molar-refractivity contribution in [3.63, 3.8) is 0 Å². The van der Waals surface area contributed by atoms with Crippen LogP contribution >= 0.6 is 0 Å². The predicted molar refractivity (Wildman–Crippen MR) is 199 cm³/mol. The van der Waals surface area contributed by atoms with Gasteiger partial charge in [0.05, 0.1) is 0 Å². The fraction of sp³-hybridized carbons (Fsp3) is 0.0667. The number of anilines is 3. The Morgan fingerprint density at radius 1 is 0.438 bits per heavy atom. The number of para-hydroxylation sites is 3. The van der Waals surface area contributed by atoms with Crippen LogP contribution in [0, 0.1) is 0 Å². The second-order valence-corrected chi connectivity index (χ2v) is 13.3. The van der Waals surface area contributed by atoms with Crippen molar-refractivity contribution in [2.75, 3.05) is 4.90 Å². The summed E-state index contributed by atoms with van der Waals surface area (Å²) in [6, 6.07) is 53.8. The summed E-state index contributed by atoms with van der Waals surface area (Å²) in [5.41, 5.74) is 14.2. The summed E-state index contributed by atoms with van der Waals surface area (Å²) in [6.45, 7) is 4.62. The fourth-order valence-electron chi connectivity index (χ4n) is 8.00. The number of nitrogens with zero attached hydrogens (tertiary/aromatic N) is 1. The van der Waals surface area contributed by atoms with Gasteiger partial charge in [0, 0.05) is 55.1 Å². The standard InChI is InChI=1S/C45H31NO2/c1-45(2)39-17-8-6-13-33(39)35-24-25-37-38-27-31(23-26-41(38)48-44(37)42(35)45)46(29-11-4-3-5-12-29)30-21-19-28(20-22-30)32-15-10-16-36-34-14-7-9-18-40(34)47-43(32)36/h3-27H,1-2H3. The quantitative estimate of drug-likeness (QED) is 0.197. The second-order valence-electron chi connectivity index (χ2n) is 13.3. The molecule has 1 aliphatic carbocycles. The van der Waals surface area contributed by atoms with Crippen LogP contribution in [0.5, 0.6) is 0 Å². The minimum Gasteiger partial charge on any atom is -0.456 e. The normalized spacial score (nSPS) is 13.4. The third kappa shape index (κ3) is 3.82. The van der Waals surface area contributed by atoms with E-state index in [1.165, 1.54) is 22.3 Å². The van der Waals surface area contributed by atoms with Crippen LogP contribution in [0.15, 0.2) is 160 Å². The molecule has 3 nitrogen and oxygen atoms in total. The van der Waals surface area contributed by atoms with Gasteiger partial charge in [0.2, 0.25) is 0 Å². The van der Waals surface area contributed by atoms with Gasteiger partial charge in [-0.1, -0.05) is 111 Å². The molecule has 0 unspecified atom stereocenters. The maximum absolute atomic E-state index is 6.70. The van der Waals surface area contributed by atoms with Gasteiger partial charge in [-0.3, -0.25) is 0 Å². The highest BCUT2D eigenvalue weighted by Gasteiger charge is 2.38. The molecule has 0 fully saturated rings. The van der Waals surface area contributed by atoms with E-state index in [2.05, 4.69) is 158 Å². The van der Waals surface area contributed by atoms with E-state index in [0.717, 1.165) is 72.1 Å². The maximum atomic E-state index is 6.70. The molecule has 0 saturated heterocycles. The van der Waals surface area contributed by atoms with Gasteiger partial charge in [-0.15, -0.1) is 0 Å². The van der Waals surface area contributed by atoms with Crippen molar-refractivity contribution in [3.05, 3.63) is 163 Å². The molecule has 7 aromatic carbocycles. The molecule has 228 valence electrons. The largest absolute Gasteiger partial charge is 0.456 e. The summed E-state index contributed by atoms with van der Waals surface area (Å²) in [5, 5.41) is 4.54. The lowest BCUT2D eigenvalue weighted by atomic mass is 9.82. The molecule has 2 heterocycles. The first-order valence-corrected chi connectivity index (χ1v) is 16.5. The molecule has 48 heavy (non-hydrogen) atoms. The molecule has 9 aromatic rings. The van der Waals surface area contributed by atoms with Crippen molar-refractivity contribution in [3.8, 4) is 22.3 Å². The molecule has 1 aliphatic rings. The molecule has 0 saturated carbocycles. The Bertz CT molecular complexity index is 2690. The van der Waals surface area contributed by atoms with E-state index in [-0.39, 0.29) is 5.41 Å². The molecule has 0 atom stereocenters. The average Bonchev–Trinajstić information content (AvgIpc) is 3.77. The Kier molecular flexibility index (Phi) is 5.63. The van der Waals surface area contributed by atoms with Crippen LogP contribution in [-0.2, 0) is 5.41 Å². The van der Waals surface area contributed by atoms with Crippen molar-refractivity contribution in [1.82, 2.24) is 0 Å². The number of benzene rings is 7. The minimum absolute atomic E-state index is 0.146. The molecular formula is C45H31NO2. The number of hydrogen-bond acceptors (Lipinski definition) is 3. The summed E-state index contributed by atoms with van der Waals surface area (Å²) >= 11 is 0. The lowest BCUT2D eigenvalue weighted by Crippen LogP contribution is -2.15. The molecule has 10 rings (SSSR count). The van der Waals surface area contributed by atoms with Crippen LogP contribution in [0.2, 0.25) is 0 Å². The smallest absolute Gasteiger partial charge is 0.143 e. The van der Waals surface area contributed by atoms with E-state index in [4.69, 9.17) is 8.83 Å². The Morgan fingerprint density at radius 2 is 1.08 bits per heavy atom. The van der Waals surface area contributed by atoms with Crippen molar-refractivity contribution >= 4 is 60.9 Å². The van der Waals surface area contributed by atoms with Crippen LogP contribution in [0.25, 0.3) is 66.1 Å². The molecule has 0 N–H and O–H groups in total. The highest BCUT2D eigenvalue weighted by molar-refractivity contribution is 6.11. The second kappa shape index (κ2) is 9.97. The van der Waals surface area contributed by atoms with Gasteiger partial charge in [0.15, 0.2) is 0 Å². The lowest BCUT2D eigenvalue weighted by Gasteiger charge is -2.25. The highest BCUT2D eigenvalue weighted by atomic mass is 16.3. The first kappa shape index (κ1) is 27.1. The fourth-order valence-corrected chi connectivity index (χ4v) is 8.00. The molecule has 0 aliphatic heterocycles. The Hall–Kier alpha value is -6.06. The number of rotatable bonds is 4. The Morgan fingerprint density at radius 3 is 1.96 bits per heavy atom. The van der Waals surface area contributed by atoms with E-state index in [1.807, 2.05) is 12.1 Å². The van der Waals surface area contributed by atoms with Gasteiger partial charge < -0.3 is 13.7 Å². The molecule has 0 amide bonds. The van der Waals surface area contributed by atoms with E-state index in [0.29, 0.717) is 0 Å². The zero-order valence-electron chi connectivity index (χ0n) is 26.7. The first-order chi connectivity index (χ1) is 23.6. The van der Waals surface area contributed by atoms with Gasteiger partial charge in [0.1, 0.15) is 22.3 Å². The number of hydrogen-bond donors (Lipinski definition) is 0. The third-order valence-corrected chi connectivity index (χ3v) is 10.3. The van der Waals surface area contributed by atoms with Gasteiger partial charge in [-0.2, -0.15) is 0 Å². The van der Waals surface area contributed by atoms with E-state index < -0.39 is 0 Å². The molecule has 2 aromatic heterocycles. The summed E-state index contributed by atoms with van der Waals surface area (Å²) in [7, 11) is 0. The van der Waals surface area contributed by atoms with Crippen molar-refractivity contribution < 1.29 is 8.83 Å². The third-order valence-electron chi connectivity index (χ3n) is 10.3. The van der Waals surface area contributed by atoms with Crippen LogP contribution in [0.1, 0.15) is 25.0 Å². The monoisotopic (exact) mass is 617 g/mol. The SMILES string of the molecule is CC1(C)c2ccccc2-c2ccc3c(oc4ccc(N(c5ccccc5)c5ccc(-c6cccc7c6oc6ccccc67)cc5)cc43)c21. The van der Waals surface area contributed by atoms with Gasteiger partial charge in [0.25, 0.3) is 0 Å². The zero-order chi connectivity index (χ0) is 32.0. The van der Waals surface area contributed by atoms with Crippen molar-refractivity contribution in [2.24, 2.45) is 0 Å². The molecule has 0 bridgehead atoms. The summed E-state index contributed by atoms with van der Waals surface area (Å²) in [4.78, 5) is 2.32. The Balaban J connectivity index is 1.10. The van der Waals surface area contributed by atoms with Crippen LogP contribution in [0.3, 0.4) is 0 Å². The minimum atomic E-state index is -0.146. The van der Waals surface area contributed by atoms with E-state index in [1.54, 1.807) is 0 Å². The summed E-state index contributed by atoms with van der Waals surface area (Å²) in [5.74, 6) is 0. The van der Waals surface area contributed by atoms with Gasteiger partial charge in [-0.05, 0) is 76.9 Å². The van der Waals surface area contributed by atoms with Crippen LogP contribution in [0.4, 0.5) is 17.1 Å². The zero-order valence-corrected chi connectivity index (χ0v) is 26.7. The molecule has 3 heteroatoms. The van der Waals surface area contributed by atoms with E-state index >= 15 is 0 Å².